The second-order valence-corrected chi connectivity index (χ2v) is 8.66. The van der Waals surface area contributed by atoms with Crippen molar-refractivity contribution in [1.82, 2.24) is 20.2 Å². The number of rotatable bonds is 6. The summed E-state index contributed by atoms with van der Waals surface area (Å²) < 4.78 is 5.52. The van der Waals surface area contributed by atoms with Gasteiger partial charge >= 0.3 is 0 Å². The maximum absolute atomic E-state index is 13.7. The van der Waals surface area contributed by atoms with Crippen LogP contribution in [-0.4, -0.2) is 53.6 Å². The number of aryl methyl sites for hydroxylation is 1. The van der Waals surface area contributed by atoms with Crippen LogP contribution >= 0.6 is 0 Å². The molecule has 1 fully saturated rings. The molecule has 2 aromatic carbocycles. The van der Waals surface area contributed by atoms with E-state index < -0.39 is 0 Å². The van der Waals surface area contributed by atoms with Crippen molar-refractivity contribution in [3.05, 3.63) is 95.8 Å². The molecule has 0 radical (unpaired) electrons. The molecule has 5 rings (SSSR count). The number of nitrogens with zero attached hydrogens (tertiary/aromatic N) is 3. The van der Waals surface area contributed by atoms with Gasteiger partial charge in [0.05, 0.1) is 36.0 Å². The van der Waals surface area contributed by atoms with Crippen molar-refractivity contribution in [2.45, 2.75) is 13.0 Å². The third-order valence-corrected chi connectivity index (χ3v) is 6.27. The summed E-state index contributed by atoms with van der Waals surface area (Å²) in [6, 6.07) is 21.8. The van der Waals surface area contributed by atoms with E-state index in [0.29, 0.717) is 5.56 Å². The molecular formula is C28H28N4O2. The molecule has 4 aromatic rings. The number of amides is 1. The predicted octanol–water partition coefficient (Wildman–Crippen LogP) is 4.41. The van der Waals surface area contributed by atoms with E-state index in [9.17, 15) is 4.79 Å². The monoisotopic (exact) mass is 452 g/mol. The lowest BCUT2D eigenvalue weighted by Crippen LogP contribution is -2.43. The highest BCUT2D eigenvalue weighted by Gasteiger charge is 2.22. The summed E-state index contributed by atoms with van der Waals surface area (Å²) >= 11 is 0. The molecule has 1 N–H and O–H groups in total. The number of hydrogen-bond donors (Lipinski definition) is 1. The van der Waals surface area contributed by atoms with Crippen molar-refractivity contribution in [2.24, 2.45) is 0 Å². The van der Waals surface area contributed by atoms with E-state index in [2.05, 4.69) is 46.4 Å². The van der Waals surface area contributed by atoms with Gasteiger partial charge in [-0.05, 0) is 36.8 Å². The van der Waals surface area contributed by atoms with Crippen molar-refractivity contribution in [3.63, 3.8) is 0 Å². The molecule has 0 bridgehead atoms. The number of benzene rings is 2. The Morgan fingerprint density at radius 1 is 1.03 bits per heavy atom. The van der Waals surface area contributed by atoms with Crippen molar-refractivity contribution in [1.29, 1.82) is 0 Å². The summed E-state index contributed by atoms with van der Waals surface area (Å²) in [5.41, 5.74) is 5.39. The second kappa shape index (κ2) is 10.1. The molecule has 2 aromatic heterocycles. The third kappa shape index (κ3) is 4.98. The van der Waals surface area contributed by atoms with Crippen molar-refractivity contribution >= 4 is 16.8 Å². The molecule has 1 amide bonds. The molecule has 3 heterocycles. The summed E-state index contributed by atoms with van der Waals surface area (Å²) in [6.07, 6.45) is 3.48. The fourth-order valence-electron chi connectivity index (χ4n) is 4.34. The highest BCUT2D eigenvalue weighted by Crippen LogP contribution is 2.26. The Morgan fingerprint density at radius 3 is 2.53 bits per heavy atom. The Morgan fingerprint density at radius 2 is 1.76 bits per heavy atom. The summed E-state index contributed by atoms with van der Waals surface area (Å²) in [5.74, 6) is -0.104. The number of hydrogen-bond acceptors (Lipinski definition) is 5. The van der Waals surface area contributed by atoms with Crippen LogP contribution in [0.15, 0.2) is 79.1 Å². The number of morpholine rings is 1. The Hall–Kier alpha value is -3.61. The standard InChI is InChI=1S/C28H28N4O2/c1-20-6-8-21(9-7-20)27(19-32-14-16-34-17-15-32)31-28(33)24-18-26(22-10-12-29-13-11-22)30-25-5-3-2-4-23(24)25/h2-13,18,27H,14-17,19H2,1H3,(H,31,33)/t27-/m1/s1. The number of aromatic nitrogens is 2. The Bertz CT molecular complexity index is 1270. The topological polar surface area (TPSA) is 67.3 Å². The van der Waals surface area contributed by atoms with Crippen LogP contribution in [0.3, 0.4) is 0 Å². The lowest BCUT2D eigenvalue weighted by molar-refractivity contribution is 0.0332. The lowest BCUT2D eigenvalue weighted by atomic mass is 10.0. The number of nitrogens with one attached hydrogen (secondary N) is 1. The highest BCUT2D eigenvalue weighted by molar-refractivity contribution is 6.07. The van der Waals surface area contributed by atoms with Gasteiger partial charge in [-0.1, -0.05) is 48.0 Å². The van der Waals surface area contributed by atoms with E-state index >= 15 is 0 Å². The van der Waals surface area contributed by atoms with Crippen LogP contribution in [-0.2, 0) is 4.74 Å². The van der Waals surface area contributed by atoms with Gasteiger partial charge in [-0.25, -0.2) is 4.98 Å². The van der Waals surface area contributed by atoms with Crippen LogP contribution in [0.5, 0.6) is 0 Å². The number of fused-ring (bicyclic) bond motifs is 1. The summed E-state index contributed by atoms with van der Waals surface area (Å²) in [7, 11) is 0. The van der Waals surface area contributed by atoms with Crippen LogP contribution in [0.25, 0.3) is 22.2 Å². The largest absolute Gasteiger partial charge is 0.379 e. The van der Waals surface area contributed by atoms with E-state index in [1.807, 2.05) is 42.5 Å². The number of pyridine rings is 2. The Balaban J connectivity index is 1.50. The second-order valence-electron chi connectivity index (χ2n) is 8.66. The molecule has 172 valence electrons. The summed E-state index contributed by atoms with van der Waals surface area (Å²) in [4.78, 5) is 25.0. The first-order chi connectivity index (χ1) is 16.7. The highest BCUT2D eigenvalue weighted by atomic mass is 16.5. The first-order valence-corrected chi connectivity index (χ1v) is 11.6. The van der Waals surface area contributed by atoms with Crippen LogP contribution in [0.4, 0.5) is 0 Å². The Kier molecular flexibility index (Phi) is 6.60. The number of carbonyl (C=O) groups is 1. The number of para-hydroxylation sites is 1. The van der Waals surface area contributed by atoms with Gasteiger partial charge in [0.25, 0.3) is 5.91 Å². The van der Waals surface area contributed by atoms with Crippen LogP contribution < -0.4 is 5.32 Å². The predicted molar refractivity (Wildman–Crippen MR) is 134 cm³/mol. The lowest BCUT2D eigenvalue weighted by Gasteiger charge is -2.31. The molecule has 1 atom stereocenters. The van der Waals surface area contributed by atoms with E-state index in [1.54, 1.807) is 12.4 Å². The summed E-state index contributed by atoms with van der Waals surface area (Å²) in [6.45, 7) is 5.98. The maximum atomic E-state index is 13.7. The molecule has 34 heavy (non-hydrogen) atoms. The first kappa shape index (κ1) is 22.2. The average molecular weight is 453 g/mol. The molecule has 0 spiro atoms. The van der Waals surface area contributed by atoms with E-state index in [0.717, 1.165) is 60.6 Å². The fourth-order valence-corrected chi connectivity index (χ4v) is 4.34. The molecule has 0 saturated carbocycles. The minimum atomic E-state index is -0.137. The van der Waals surface area contributed by atoms with Crippen molar-refractivity contribution in [2.75, 3.05) is 32.8 Å². The smallest absolute Gasteiger partial charge is 0.252 e. The van der Waals surface area contributed by atoms with Crippen molar-refractivity contribution < 1.29 is 9.53 Å². The third-order valence-electron chi connectivity index (χ3n) is 6.27. The SMILES string of the molecule is Cc1ccc([C@@H](CN2CCOCC2)NC(=O)c2cc(-c3ccncc3)nc3ccccc23)cc1. The van der Waals surface area contributed by atoms with Gasteiger partial charge in [-0.3, -0.25) is 14.7 Å². The van der Waals surface area contributed by atoms with Crippen LogP contribution in [0.2, 0.25) is 0 Å². The molecule has 1 aliphatic rings. The fraction of sp³-hybridized carbons (Fsp3) is 0.250. The van der Waals surface area contributed by atoms with Gasteiger partial charge in [0, 0.05) is 43.0 Å². The zero-order chi connectivity index (χ0) is 23.3. The maximum Gasteiger partial charge on any atom is 0.252 e. The van der Waals surface area contributed by atoms with E-state index in [4.69, 9.17) is 9.72 Å². The molecule has 6 nitrogen and oxygen atoms in total. The molecule has 0 unspecified atom stereocenters. The molecule has 6 heteroatoms. The van der Waals surface area contributed by atoms with Gasteiger partial charge in [0.1, 0.15) is 0 Å². The van der Waals surface area contributed by atoms with Crippen LogP contribution in [0.1, 0.15) is 27.5 Å². The Labute approximate surface area is 199 Å². The first-order valence-electron chi connectivity index (χ1n) is 11.6. The zero-order valence-electron chi connectivity index (χ0n) is 19.3. The van der Waals surface area contributed by atoms with Gasteiger partial charge in [-0.2, -0.15) is 0 Å². The molecule has 1 saturated heterocycles. The summed E-state index contributed by atoms with van der Waals surface area (Å²) in [5, 5.41) is 4.17. The van der Waals surface area contributed by atoms with E-state index in [1.165, 1.54) is 5.56 Å². The van der Waals surface area contributed by atoms with Crippen molar-refractivity contribution in [3.8, 4) is 11.3 Å². The van der Waals surface area contributed by atoms with Gasteiger partial charge in [0.2, 0.25) is 0 Å². The zero-order valence-corrected chi connectivity index (χ0v) is 19.3. The molecule has 1 aliphatic heterocycles. The molecule has 0 aliphatic carbocycles. The normalized spacial score (nSPS) is 15.2. The van der Waals surface area contributed by atoms with Gasteiger partial charge < -0.3 is 10.1 Å². The van der Waals surface area contributed by atoms with Gasteiger partial charge in [-0.15, -0.1) is 0 Å². The average Bonchev–Trinajstić information content (AvgIpc) is 2.89. The minimum absolute atomic E-state index is 0.104. The minimum Gasteiger partial charge on any atom is -0.379 e. The quantitative estimate of drug-likeness (QED) is 0.469. The molecular weight excluding hydrogens is 424 g/mol. The number of ether oxygens (including phenoxy) is 1. The van der Waals surface area contributed by atoms with E-state index in [-0.39, 0.29) is 11.9 Å². The van der Waals surface area contributed by atoms with Gasteiger partial charge in [0.15, 0.2) is 0 Å². The number of carbonyl (C=O) groups excluding carboxylic acids is 1. The van der Waals surface area contributed by atoms with Crippen LogP contribution in [0, 0.1) is 6.92 Å².